The van der Waals surface area contributed by atoms with Gasteiger partial charge >= 0.3 is 0 Å². The predicted octanol–water partition coefficient (Wildman–Crippen LogP) is 1.32. The summed E-state index contributed by atoms with van der Waals surface area (Å²) >= 11 is 7.49. The number of carbonyl (C=O) groups is 2. The molecule has 2 N–H and O–H groups in total. The number of hydrogen-bond donors (Lipinski definition) is 2. The Bertz CT molecular complexity index is 841. The molecular formula is C16H17ClN6O2S. The van der Waals surface area contributed by atoms with Crippen molar-refractivity contribution in [3.8, 4) is 0 Å². The first-order chi connectivity index (χ1) is 12.4. The van der Waals surface area contributed by atoms with Gasteiger partial charge < -0.3 is 10.2 Å². The third kappa shape index (κ3) is 2.84. The highest BCUT2D eigenvalue weighted by Crippen LogP contribution is 2.56. The van der Waals surface area contributed by atoms with Crippen molar-refractivity contribution < 1.29 is 9.59 Å². The highest BCUT2D eigenvalue weighted by Gasteiger charge is 2.63. The molecule has 2 saturated heterocycles. The molecule has 1 aromatic heterocycles. The van der Waals surface area contributed by atoms with E-state index in [-0.39, 0.29) is 34.4 Å². The zero-order valence-electron chi connectivity index (χ0n) is 14.1. The molecule has 2 aliphatic rings. The average Bonchev–Trinajstić information content (AvgIpc) is 3.19. The van der Waals surface area contributed by atoms with E-state index in [0.29, 0.717) is 10.8 Å². The second-order valence-electron chi connectivity index (χ2n) is 6.88. The Hall–Kier alpha value is -2.13. The number of aromatic nitrogens is 4. The van der Waals surface area contributed by atoms with Gasteiger partial charge in [-0.3, -0.25) is 9.59 Å². The van der Waals surface area contributed by atoms with Crippen LogP contribution in [0.5, 0.6) is 0 Å². The molecule has 10 heteroatoms. The lowest BCUT2D eigenvalue weighted by molar-refractivity contribution is -0.151. The van der Waals surface area contributed by atoms with Crippen molar-refractivity contribution in [3.05, 3.63) is 40.7 Å². The maximum Gasteiger partial charge on any atom is 0.249 e. The lowest BCUT2D eigenvalue weighted by atomic mass is 9.95. The molecule has 0 bridgehead atoms. The zero-order chi connectivity index (χ0) is 18.5. The molecule has 136 valence electrons. The number of fused-ring (bicyclic) bond motifs is 1. The number of nitrogens with one attached hydrogen (secondary N) is 2. The minimum absolute atomic E-state index is 0.118. The summed E-state index contributed by atoms with van der Waals surface area (Å²) in [7, 11) is 0. The van der Waals surface area contributed by atoms with Crippen LogP contribution in [-0.4, -0.2) is 53.5 Å². The minimum Gasteiger partial charge on any atom is -0.341 e. The van der Waals surface area contributed by atoms with Crippen LogP contribution in [0.3, 0.4) is 0 Å². The van der Waals surface area contributed by atoms with Crippen LogP contribution >= 0.6 is 23.4 Å². The Morgan fingerprint density at radius 3 is 2.77 bits per heavy atom. The molecule has 26 heavy (non-hydrogen) atoms. The van der Waals surface area contributed by atoms with Crippen molar-refractivity contribution >= 4 is 35.2 Å². The van der Waals surface area contributed by atoms with Crippen LogP contribution in [0.15, 0.2) is 24.3 Å². The number of tetrazole rings is 1. The van der Waals surface area contributed by atoms with Crippen LogP contribution in [0, 0.1) is 0 Å². The number of hydrogen-bond acceptors (Lipinski definition) is 6. The van der Waals surface area contributed by atoms with Gasteiger partial charge in [0.2, 0.25) is 11.8 Å². The molecule has 3 heterocycles. The van der Waals surface area contributed by atoms with E-state index in [4.69, 9.17) is 11.6 Å². The van der Waals surface area contributed by atoms with E-state index in [1.165, 1.54) is 0 Å². The molecule has 0 saturated carbocycles. The fourth-order valence-electron chi connectivity index (χ4n) is 3.46. The summed E-state index contributed by atoms with van der Waals surface area (Å²) in [5.74, 6) is 0.184. The Labute approximate surface area is 159 Å². The third-order valence-electron chi connectivity index (χ3n) is 4.64. The van der Waals surface area contributed by atoms with Crippen molar-refractivity contribution in [1.82, 2.24) is 30.8 Å². The summed E-state index contributed by atoms with van der Waals surface area (Å²) in [5, 5.41) is 17.5. The molecule has 4 rings (SSSR count). The topological polar surface area (TPSA) is 104 Å². The molecule has 2 aromatic rings. The molecule has 3 atom stereocenters. The van der Waals surface area contributed by atoms with Crippen LogP contribution in [0.2, 0.25) is 5.02 Å². The SMILES string of the molecule is CC1(C)S[C@H]2C(NC(=O)Cc3ccc(Cl)cc3)C(=O)N2C1c1nn[nH]n1. The van der Waals surface area contributed by atoms with E-state index < -0.39 is 6.04 Å². The van der Waals surface area contributed by atoms with Crippen molar-refractivity contribution in [3.63, 3.8) is 0 Å². The average molecular weight is 393 g/mol. The summed E-state index contributed by atoms with van der Waals surface area (Å²) in [6.07, 6.45) is 0.204. The molecule has 2 fully saturated rings. The van der Waals surface area contributed by atoms with Gasteiger partial charge in [0.1, 0.15) is 17.5 Å². The van der Waals surface area contributed by atoms with Crippen LogP contribution < -0.4 is 5.32 Å². The lowest BCUT2D eigenvalue weighted by Crippen LogP contribution is -2.68. The van der Waals surface area contributed by atoms with E-state index >= 15 is 0 Å². The normalized spacial score (nSPS) is 26.3. The number of nitrogens with zero attached hydrogens (tertiary/aromatic N) is 4. The standard InChI is InChI=1S/C16H17ClN6O2S/c1-16(2)12(13-19-21-22-20-13)23-14(25)11(15(23)26-16)18-10(24)7-8-3-5-9(17)6-4-8/h3-6,11-12,15H,7H2,1-2H3,(H,18,24)(H,19,20,21,22)/t11?,12?,15-/m0/s1. The van der Waals surface area contributed by atoms with E-state index in [0.717, 1.165) is 5.56 Å². The number of halogens is 1. The molecule has 2 amide bonds. The van der Waals surface area contributed by atoms with Gasteiger partial charge in [-0.05, 0) is 31.5 Å². The van der Waals surface area contributed by atoms with Gasteiger partial charge in [-0.25, -0.2) is 0 Å². The van der Waals surface area contributed by atoms with Gasteiger partial charge in [-0.2, -0.15) is 5.21 Å². The smallest absolute Gasteiger partial charge is 0.249 e. The Balaban J connectivity index is 1.45. The Kier molecular flexibility index (Phi) is 4.15. The van der Waals surface area contributed by atoms with Gasteiger partial charge in [-0.1, -0.05) is 28.9 Å². The summed E-state index contributed by atoms with van der Waals surface area (Å²) in [5.41, 5.74) is 0.847. The number of carbonyl (C=O) groups excluding carboxylic acids is 2. The van der Waals surface area contributed by atoms with Crippen molar-refractivity contribution in [2.24, 2.45) is 0 Å². The maximum absolute atomic E-state index is 12.7. The molecule has 0 aliphatic carbocycles. The lowest BCUT2D eigenvalue weighted by Gasteiger charge is -2.44. The number of thioether (sulfide) groups is 1. The third-order valence-corrected chi connectivity index (χ3v) is 6.47. The molecule has 2 unspecified atom stereocenters. The van der Waals surface area contributed by atoms with Crippen molar-refractivity contribution in [1.29, 1.82) is 0 Å². The van der Waals surface area contributed by atoms with Gasteiger partial charge in [0, 0.05) is 9.77 Å². The molecule has 0 spiro atoms. The highest BCUT2D eigenvalue weighted by molar-refractivity contribution is 8.01. The summed E-state index contributed by atoms with van der Waals surface area (Å²) < 4.78 is -0.278. The van der Waals surface area contributed by atoms with E-state index in [1.54, 1.807) is 40.9 Å². The first-order valence-corrected chi connectivity index (χ1v) is 9.40. The fraction of sp³-hybridized carbons (Fsp3) is 0.438. The Morgan fingerprint density at radius 2 is 2.12 bits per heavy atom. The number of rotatable bonds is 4. The number of benzene rings is 1. The van der Waals surface area contributed by atoms with E-state index in [1.807, 2.05) is 13.8 Å². The fourth-order valence-corrected chi connectivity index (χ4v) is 5.22. The largest absolute Gasteiger partial charge is 0.341 e. The monoisotopic (exact) mass is 392 g/mol. The van der Waals surface area contributed by atoms with Crippen molar-refractivity contribution in [2.75, 3.05) is 0 Å². The second kappa shape index (κ2) is 6.24. The van der Waals surface area contributed by atoms with Gasteiger partial charge in [0.05, 0.1) is 6.42 Å². The van der Waals surface area contributed by atoms with Crippen LogP contribution in [-0.2, 0) is 16.0 Å². The van der Waals surface area contributed by atoms with Crippen molar-refractivity contribution in [2.45, 2.75) is 42.5 Å². The maximum atomic E-state index is 12.7. The predicted molar refractivity (Wildman–Crippen MR) is 96.3 cm³/mol. The molecule has 0 radical (unpaired) electrons. The first kappa shape index (κ1) is 17.3. The quantitative estimate of drug-likeness (QED) is 0.760. The summed E-state index contributed by atoms with van der Waals surface area (Å²) in [6, 6.07) is 6.29. The summed E-state index contributed by atoms with van der Waals surface area (Å²) in [6.45, 7) is 4.08. The zero-order valence-corrected chi connectivity index (χ0v) is 15.7. The number of amides is 2. The minimum atomic E-state index is -0.532. The molecule has 1 aromatic carbocycles. The van der Waals surface area contributed by atoms with E-state index in [9.17, 15) is 9.59 Å². The summed E-state index contributed by atoms with van der Waals surface area (Å²) in [4.78, 5) is 26.7. The van der Waals surface area contributed by atoms with Gasteiger partial charge in [-0.15, -0.1) is 22.0 Å². The molecule has 2 aliphatic heterocycles. The van der Waals surface area contributed by atoms with E-state index in [2.05, 4.69) is 25.9 Å². The first-order valence-electron chi connectivity index (χ1n) is 8.14. The highest BCUT2D eigenvalue weighted by atomic mass is 35.5. The number of H-pyrrole nitrogens is 1. The number of β-lactam (4-membered cyclic amide) rings is 1. The van der Waals surface area contributed by atoms with Gasteiger partial charge in [0.15, 0.2) is 5.82 Å². The number of aromatic amines is 1. The van der Waals surface area contributed by atoms with Gasteiger partial charge in [0.25, 0.3) is 0 Å². The van der Waals surface area contributed by atoms with Crippen LogP contribution in [0.1, 0.15) is 31.3 Å². The second-order valence-corrected chi connectivity index (χ2v) is 9.09. The molecular weight excluding hydrogens is 376 g/mol. The van der Waals surface area contributed by atoms with Crippen LogP contribution in [0.25, 0.3) is 0 Å². The Morgan fingerprint density at radius 1 is 1.38 bits per heavy atom. The van der Waals surface area contributed by atoms with Crippen LogP contribution in [0.4, 0.5) is 0 Å². The molecule has 8 nitrogen and oxygen atoms in total.